The van der Waals surface area contributed by atoms with Gasteiger partial charge in [-0.15, -0.1) is 10.2 Å². The number of nitrogens with zero attached hydrogens (tertiary/aromatic N) is 3. The van der Waals surface area contributed by atoms with Crippen molar-refractivity contribution in [1.29, 1.82) is 0 Å². The van der Waals surface area contributed by atoms with Gasteiger partial charge in [-0.2, -0.15) is 0 Å². The first-order chi connectivity index (χ1) is 15.0. The molecule has 0 spiro atoms. The number of ether oxygens (including phenoxy) is 1. The third-order valence-corrected chi connectivity index (χ3v) is 5.66. The van der Waals surface area contributed by atoms with Gasteiger partial charge in [-0.25, -0.2) is 0 Å². The second kappa shape index (κ2) is 9.33. The highest BCUT2D eigenvalue weighted by Gasteiger charge is 2.16. The van der Waals surface area contributed by atoms with E-state index in [1.165, 1.54) is 6.42 Å². The van der Waals surface area contributed by atoms with E-state index < -0.39 is 0 Å². The van der Waals surface area contributed by atoms with Gasteiger partial charge in [-0.3, -0.25) is 4.79 Å². The van der Waals surface area contributed by atoms with E-state index in [0.29, 0.717) is 5.92 Å². The second-order valence-corrected chi connectivity index (χ2v) is 8.52. The minimum Gasteiger partial charge on any atom is -0.483 e. The molecule has 3 aromatic rings. The summed E-state index contributed by atoms with van der Waals surface area (Å²) in [5, 5.41) is 11.7. The summed E-state index contributed by atoms with van der Waals surface area (Å²) in [4.78, 5) is 12.6. The molecule has 1 aromatic heterocycles. The molecule has 0 aliphatic carbocycles. The van der Waals surface area contributed by atoms with Gasteiger partial charge >= 0.3 is 0 Å². The fourth-order valence-corrected chi connectivity index (χ4v) is 4.02. The molecule has 4 rings (SSSR count). The molecule has 0 atom stereocenters. The zero-order chi connectivity index (χ0) is 21.8. The van der Waals surface area contributed by atoms with Crippen molar-refractivity contribution in [3.63, 3.8) is 0 Å². The molecule has 0 radical (unpaired) electrons. The first-order valence-electron chi connectivity index (χ1n) is 11.1. The number of aromatic nitrogens is 3. The molecular weight excluding hydrogens is 388 g/mol. The van der Waals surface area contributed by atoms with Crippen LogP contribution in [-0.4, -0.2) is 27.3 Å². The van der Waals surface area contributed by atoms with E-state index in [1.807, 2.05) is 37.3 Å². The fraction of sp³-hybridized carbons (Fsp3) is 0.400. The van der Waals surface area contributed by atoms with Crippen molar-refractivity contribution < 1.29 is 9.53 Å². The van der Waals surface area contributed by atoms with Crippen LogP contribution < -0.4 is 10.1 Å². The van der Waals surface area contributed by atoms with Gasteiger partial charge in [0.05, 0.1) is 0 Å². The van der Waals surface area contributed by atoms with Crippen LogP contribution in [0.3, 0.4) is 0 Å². The van der Waals surface area contributed by atoms with Crippen molar-refractivity contribution in [2.45, 2.75) is 58.9 Å². The number of rotatable bonds is 6. The second-order valence-electron chi connectivity index (χ2n) is 8.52. The first kappa shape index (κ1) is 21.1. The zero-order valence-electron chi connectivity index (χ0n) is 18.5. The van der Waals surface area contributed by atoms with Crippen LogP contribution in [0.25, 0.3) is 11.4 Å². The molecule has 1 aliphatic rings. The maximum absolute atomic E-state index is 12.6. The van der Waals surface area contributed by atoms with E-state index >= 15 is 0 Å². The summed E-state index contributed by atoms with van der Waals surface area (Å²) in [6.07, 6.45) is 4.49. The Kier molecular flexibility index (Phi) is 6.35. The highest BCUT2D eigenvalue weighted by molar-refractivity contribution is 5.92. The van der Waals surface area contributed by atoms with Crippen molar-refractivity contribution in [2.24, 2.45) is 0 Å². The van der Waals surface area contributed by atoms with Crippen LogP contribution >= 0.6 is 0 Å². The summed E-state index contributed by atoms with van der Waals surface area (Å²) in [5.41, 5.74) is 3.90. The number of hydrogen-bond acceptors (Lipinski definition) is 4. The SMILES string of the molecule is Cc1ccc(C(C)C)c(OCC(=O)Nc2cccc(-c3nnc4n3CCCCC4)c2)c1. The molecule has 6 nitrogen and oxygen atoms in total. The third kappa shape index (κ3) is 4.95. The molecule has 162 valence electrons. The van der Waals surface area contributed by atoms with E-state index in [-0.39, 0.29) is 12.5 Å². The average Bonchev–Trinajstić information content (AvgIpc) is 3.00. The Bertz CT molecular complexity index is 1070. The Morgan fingerprint density at radius 3 is 2.84 bits per heavy atom. The van der Waals surface area contributed by atoms with Gasteiger partial charge in [0.2, 0.25) is 0 Å². The van der Waals surface area contributed by atoms with Gasteiger partial charge in [0, 0.05) is 24.2 Å². The molecule has 1 amide bonds. The maximum atomic E-state index is 12.6. The zero-order valence-corrected chi connectivity index (χ0v) is 18.5. The van der Waals surface area contributed by atoms with E-state index in [0.717, 1.165) is 65.6 Å². The molecule has 0 saturated heterocycles. The summed E-state index contributed by atoms with van der Waals surface area (Å²) in [7, 11) is 0. The predicted octanol–water partition coefficient (Wildman–Crippen LogP) is 5.12. The molecule has 1 N–H and O–H groups in total. The molecule has 6 heteroatoms. The lowest BCUT2D eigenvalue weighted by molar-refractivity contribution is -0.118. The van der Waals surface area contributed by atoms with Gasteiger partial charge in [-0.1, -0.05) is 44.5 Å². The minimum absolute atomic E-state index is 0.0340. The van der Waals surface area contributed by atoms with Gasteiger partial charge < -0.3 is 14.6 Å². The monoisotopic (exact) mass is 418 g/mol. The van der Waals surface area contributed by atoms with Crippen LogP contribution in [0.15, 0.2) is 42.5 Å². The molecule has 2 aromatic carbocycles. The van der Waals surface area contributed by atoms with E-state index in [1.54, 1.807) is 0 Å². The summed E-state index contributed by atoms with van der Waals surface area (Å²) in [6.45, 7) is 7.17. The number of aryl methyl sites for hydroxylation is 2. The van der Waals surface area contributed by atoms with Crippen LogP contribution in [0.1, 0.15) is 56.0 Å². The molecular formula is C25H30N4O2. The van der Waals surface area contributed by atoms with Crippen molar-refractivity contribution in [3.05, 3.63) is 59.4 Å². The quantitative estimate of drug-likeness (QED) is 0.603. The normalized spacial score (nSPS) is 13.5. The maximum Gasteiger partial charge on any atom is 0.262 e. The number of nitrogens with one attached hydrogen (secondary N) is 1. The van der Waals surface area contributed by atoms with Crippen LogP contribution in [0, 0.1) is 6.92 Å². The topological polar surface area (TPSA) is 69.0 Å². The van der Waals surface area contributed by atoms with E-state index in [2.05, 4.69) is 46.1 Å². The third-order valence-electron chi connectivity index (χ3n) is 5.66. The summed E-state index contributed by atoms with van der Waals surface area (Å²) in [5.74, 6) is 2.83. The average molecular weight is 419 g/mol. The van der Waals surface area contributed by atoms with Crippen LogP contribution in [0.5, 0.6) is 5.75 Å². The highest BCUT2D eigenvalue weighted by atomic mass is 16.5. The molecule has 2 heterocycles. The lowest BCUT2D eigenvalue weighted by atomic mass is 10.0. The number of hydrogen-bond donors (Lipinski definition) is 1. The van der Waals surface area contributed by atoms with E-state index in [4.69, 9.17) is 4.74 Å². The molecule has 0 fully saturated rings. The number of amides is 1. The van der Waals surface area contributed by atoms with Gasteiger partial charge in [0.25, 0.3) is 5.91 Å². The summed E-state index contributed by atoms with van der Waals surface area (Å²) in [6, 6.07) is 13.9. The largest absolute Gasteiger partial charge is 0.483 e. The number of fused-ring (bicyclic) bond motifs is 1. The Morgan fingerprint density at radius 1 is 1.13 bits per heavy atom. The molecule has 0 unspecified atom stereocenters. The van der Waals surface area contributed by atoms with Crippen LogP contribution in [0.2, 0.25) is 0 Å². The first-order valence-corrected chi connectivity index (χ1v) is 11.1. The molecule has 31 heavy (non-hydrogen) atoms. The fourth-order valence-electron chi connectivity index (χ4n) is 4.02. The number of anilines is 1. The Labute approximate surface area is 183 Å². The molecule has 0 bridgehead atoms. The van der Waals surface area contributed by atoms with Gasteiger partial charge in [0.1, 0.15) is 11.6 Å². The Morgan fingerprint density at radius 2 is 2.00 bits per heavy atom. The van der Waals surface area contributed by atoms with E-state index in [9.17, 15) is 4.79 Å². The predicted molar refractivity (Wildman–Crippen MR) is 122 cm³/mol. The standard InChI is InChI=1S/C25H30N4O2/c1-17(2)21-12-11-18(3)14-22(21)31-16-24(30)26-20-9-7-8-19(15-20)25-28-27-23-10-5-4-6-13-29(23)25/h7-9,11-12,14-15,17H,4-6,10,13,16H2,1-3H3,(H,26,30). The van der Waals surface area contributed by atoms with Crippen LogP contribution in [-0.2, 0) is 17.8 Å². The Hall–Kier alpha value is -3.15. The molecule has 0 saturated carbocycles. The van der Waals surface area contributed by atoms with Gasteiger partial charge in [-0.05, 0) is 55.0 Å². The smallest absolute Gasteiger partial charge is 0.262 e. The lowest BCUT2D eigenvalue weighted by Gasteiger charge is -2.15. The number of carbonyl (C=O) groups excluding carboxylic acids is 1. The van der Waals surface area contributed by atoms with Crippen molar-refractivity contribution in [3.8, 4) is 17.1 Å². The lowest BCUT2D eigenvalue weighted by Crippen LogP contribution is -2.20. The number of benzene rings is 2. The van der Waals surface area contributed by atoms with Crippen LogP contribution in [0.4, 0.5) is 5.69 Å². The highest BCUT2D eigenvalue weighted by Crippen LogP contribution is 2.28. The summed E-state index contributed by atoms with van der Waals surface area (Å²) < 4.78 is 8.08. The molecule has 1 aliphatic heterocycles. The van der Waals surface area contributed by atoms with Crippen molar-refractivity contribution in [2.75, 3.05) is 11.9 Å². The van der Waals surface area contributed by atoms with Gasteiger partial charge in [0.15, 0.2) is 12.4 Å². The van der Waals surface area contributed by atoms with Crippen molar-refractivity contribution >= 4 is 11.6 Å². The number of carbonyl (C=O) groups is 1. The van der Waals surface area contributed by atoms with Crippen molar-refractivity contribution in [1.82, 2.24) is 14.8 Å². The Balaban J connectivity index is 1.45. The minimum atomic E-state index is -0.187. The summed E-state index contributed by atoms with van der Waals surface area (Å²) >= 11 is 0.